The van der Waals surface area contributed by atoms with Crippen molar-refractivity contribution in [1.82, 2.24) is 19.9 Å². The molecule has 0 fully saturated rings. The zero-order chi connectivity index (χ0) is 22.8. The maximum Gasteiger partial charge on any atom is 0.255 e. The van der Waals surface area contributed by atoms with Crippen LogP contribution in [0, 0.1) is 13.8 Å². The number of rotatable bonds is 5. The predicted octanol–water partition coefficient (Wildman–Crippen LogP) is 5.63. The summed E-state index contributed by atoms with van der Waals surface area (Å²) in [7, 11) is 0. The van der Waals surface area contributed by atoms with E-state index in [0.29, 0.717) is 17.2 Å². The van der Waals surface area contributed by atoms with E-state index < -0.39 is 0 Å². The van der Waals surface area contributed by atoms with Crippen LogP contribution in [0.3, 0.4) is 0 Å². The molecule has 3 N–H and O–H groups in total. The third kappa shape index (κ3) is 4.29. The lowest BCUT2D eigenvalue weighted by molar-refractivity contribution is 0.102. The first-order valence-electron chi connectivity index (χ1n) is 10.6. The van der Waals surface area contributed by atoms with Gasteiger partial charge in [-0.1, -0.05) is 18.2 Å². The number of aryl methyl sites for hydroxylation is 2. The lowest BCUT2D eigenvalue weighted by atomic mass is 10.1. The molecule has 0 aliphatic heterocycles. The molecule has 7 nitrogen and oxygen atoms in total. The summed E-state index contributed by atoms with van der Waals surface area (Å²) in [5.74, 6) is 1.03. The molecule has 3 heterocycles. The summed E-state index contributed by atoms with van der Waals surface area (Å²) in [6.45, 7) is 3.98. The molecule has 5 aromatic rings. The van der Waals surface area contributed by atoms with E-state index in [9.17, 15) is 4.79 Å². The Morgan fingerprint density at radius 3 is 2.70 bits per heavy atom. The Morgan fingerprint density at radius 1 is 0.970 bits per heavy atom. The van der Waals surface area contributed by atoms with Gasteiger partial charge in [-0.25, -0.2) is 9.97 Å². The third-order valence-electron chi connectivity index (χ3n) is 5.35. The molecule has 0 atom stereocenters. The molecule has 0 saturated carbocycles. The average molecular weight is 435 g/mol. The van der Waals surface area contributed by atoms with E-state index in [1.54, 1.807) is 12.4 Å². The fourth-order valence-corrected chi connectivity index (χ4v) is 3.61. The van der Waals surface area contributed by atoms with E-state index in [-0.39, 0.29) is 5.91 Å². The lowest BCUT2D eigenvalue weighted by Crippen LogP contribution is -2.12. The van der Waals surface area contributed by atoms with Crippen LogP contribution in [-0.4, -0.2) is 25.8 Å². The van der Waals surface area contributed by atoms with Crippen molar-refractivity contribution in [2.75, 3.05) is 10.6 Å². The minimum atomic E-state index is -0.174. The number of H-pyrrole nitrogens is 1. The highest BCUT2D eigenvalue weighted by Crippen LogP contribution is 2.28. The van der Waals surface area contributed by atoms with Crippen molar-refractivity contribution in [3.05, 3.63) is 95.9 Å². The van der Waals surface area contributed by atoms with Gasteiger partial charge in [-0.2, -0.15) is 0 Å². The normalized spacial score (nSPS) is 10.8. The minimum Gasteiger partial charge on any atom is -0.357 e. The zero-order valence-corrected chi connectivity index (χ0v) is 18.3. The average Bonchev–Trinajstić information content (AvgIpc) is 3.30. The summed E-state index contributed by atoms with van der Waals surface area (Å²) >= 11 is 0. The highest BCUT2D eigenvalue weighted by molar-refractivity contribution is 6.05. The molecule has 5 rings (SSSR count). The Morgan fingerprint density at radius 2 is 1.88 bits per heavy atom. The summed E-state index contributed by atoms with van der Waals surface area (Å²) in [5, 5.41) is 6.36. The molecule has 3 aromatic heterocycles. The number of hydrogen-bond donors (Lipinski definition) is 3. The van der Waals surface area contributed by atoms with Crippen LogP contribution >= 0.6 is 0 Å². The van der Waals surface area contributed by atoms with Crippen LogP contribution in [0.5, 0.6) is 0 Å². The maximum atomic E-state index is 12.9. The van der Waals surface area contributed by atoms with Gasteiger partial charge < -0.3 is 15.6 Å². The highest BCUT2D eigenvalue weighted by atomic mass is 16.1. The Bertz CT molecular complexity index is 1460. The molecule has 33 heavy (non-hydrogen) atoms. The number of benzene rings is 2. The molecule has 2 aromatic carbocycles. The minimum absolute atomic E-state index is 0.174. The van der Waals surface area contributed by atoms with Crippen LogP contribution in [0.1, 0.15) is 21.5 Å². The summed E-state index contributed by atoms with van der Waals surface area (Å²) in [4.78, 5) is 29.6. The molecule has 0 unspecified atom stereocenters. The lowest BCUT2D eigenvalue weighted by Gasteiger charge is -2.13. The van der Waals surface area contributed by atoms with Crippen LogP contribution in [0.15, 0.2) is 79.3 Å². The Labute approximate surface area is 191 Å². The first-order chi connectivity index (χ1) is 16.1. The van der Waals surface area contributed by atoms with E-state index in [2.05, 4.69) is 25.6 Å². The zero-order valence-electron chi connectivity index (χ0n) is 18.3. The van der Waals surface area contributed by atoms with Gasteiger partial charge in [-0.3, -0.25) is 9.78 Å². The fourth-order valence-electron chi connectivity index (χ4n) is 3.61. The molecule has 1 amide bonds. The Balaban J connectivity index is 1.48. The second kappa shape index (κ2) is 8.55. The number of anilines is 3. The van der Waals surface area contributed by atoms with E-state index in [1.165, 1.54) is 0 Å². The van der Waals surface area contributed by atoms with Gasteiger partial charge in [0.05, 0.1) is 5.52 Å². The molecule has 0 bridgehead atoms. The molecule has 0 aliphatic rings. The van der Waals surface area contributed by atoms with Gasteiger partial charge in [0, 0.05) is 41.1 Å². The molecular formula is C26H22N6O. The molecule has 0 radical (unpaired) electrons. The number of aromatic nitrogens is 4. The maximum absolute atomic E-state index is 12.9. The van der Waals surface area contributed by atoms with Crippen molar-refractivity contribution in [2.45, 2.75) is 13.8 Å². The van der Waals surface area contributed by atoms with Crippen molar-refractivity contribution >= 4 is 34.1 Å². The van der Waals surface area contributed by atoms with Crippen LogP contribution in [-0.2, 0) is 0 Å². The smallest absolute Gasteiger partial charge is 0.255 e. The first-order valence-corrected chi connectivity index (χ1v) is 10.6. The monoisotopic (exact) mass is 434 g/mol. The van der Waals surface area contributed by atoms with E-state index >= 15 is 0 Å². The predicted molar refractivity (Wildman–Crippen MR) is 131 cm³/mol. The van der Waals surface area contributed by atoms with Crippen LogP contribution in [0.4, 0.5) is 17.2 Å². The first kappa shape index (κ1) is 20.4. The third-order valence-corrected chi connectivity index (χ3v) is 5.35. The van der Waals surface area contributed by atoms with Gasteiger partial charge in [0.1, 0.15) is 5.52 Å². The second-order valence-electron chi connectivity index (χ2n) is 7.85. The number of carbonyl (C=O) groups is 1. The van der Waals surface area contributed by atoms with Gasteiger partial charge in [0.15, 0.2) is 11.6 Å². The largest absolute Gasteiger partial charge is 0.357 e. The summed E-state index contributed by atoms with van der Waals surface area (Å²) < 4.78 is 0. The quantitative estimate of drug-likeness (QED) is 0.333. The second-order valence-corrected chi connectivity index (χ2v) is 7.85. The molecule has 0 aliphatic carbocycles. The van der Waals surface area contributed by atoms with E-state index in [4.69, 9.17) is 4.98 Å². The number of hydrogen-bond acceptors (Lipinski definition) is 5. The number of nitrogens with one attached hydrogen (secondary N) is 3. The standard InChI is InChI=1S/C26H22N6O/c1-16-5-3-7-20(13-16)29-26(33)18-9-8-17(2)22(14-18)31-25-23-21(10-12-28-23)30-24(32-25)19-6-4-11-27-15-19/h3-15,28H,1-2H3,(H,29,33)(H,30,31,32). The fraction of sp³-hybridized carbons (Fsp3) is 0.0769. The van der Waals surface area contributed by atoms with Gasteiger partial charge >= 0.3 is 0 Å². The summed E-state index contributed by atoms with van der Waals surface area (Å²) in [5.41, 5.74) is 6.58. The molecular weight excluding hydrogens is 412 g/mol. The number of amides is 1. The van der Waals surface area contributed by atoms with Crippen molar-refractivity contribution in [3.8, 4) is 11.4 Å². The topological polar surface area (TPSA) is 95.6 Å². The number of pyridine rings is 1. The molecule has 0 saturated heterocycles. The molecule has 162 valence electrons. The highest BCUT2D eigenvalue weighted by Gasteiger charge is 2.14. The van der Waals surface area contributed by atoms with Crippen LogP contribution in [0.2, 0.25) is 0 Å². The van der Waals surface area contributed by atoms with Crippen molar-refractivity contribution in [1.29, 1.82) is 0 Å². The van der Waals surface area contributed by atoms with Crippen molar-refractivity contribution in [3.63, 3.8) is 0 Å². The van der Waals surface area contributed by atoms with Gasteiger partial charge in [-0.15, -0.1) is 0 Å². The van der Waals surface area contributed by atoms with Gasteiger partial charge in [0.25, 0.3) is 5.91 Å². The number of carbonyl (C=O) groups excluding carboxylic acids is 1. The number of nitrogens with zero attached hydrogens (tertiary/aromatic N) is 3. The van der Waals surface area contributed by atoms with Gasteiger partial charge in [-0.05, 0) is 67.4 Å². The van der Waals surface area contributed by atoms with Gasteiger partial charge in [0.2, 0.25) is 0 Å². The molecule has 7 heteroatoms. The summed E-state index contributed by atoms with van der Waals surface area (Å²) in [6, 6.07) is 19.0. The number of aromatic amines is 1. The summed E-state index contributed by atoms with van der Waals surface area (Å²) in [6.07, 6.45) is 5.28. The Hall–Kier alpha value is -4.52. The van der Waals surface area contributed by atoms with Crippen LogP contribution in [0.25, 0.3) is 22.4 Å². The SMILES string of the molecule is Cc1cccc(NC(=O)c2ccc(C)c(Nc3nc(-c4cccnc4)nc4cc[nH]c34)c2)c1. The van der Waals surface area contributed by atoms with Crippen molar-refractivity contribution in [2.24, 2.45) is 0 Å². The number of fused-ring (bicyclic) bond motifs is 1. The Kier molecular flexibility index (Phi) is 5.28. The van der Waals surface area contributed by atoms with E-state index in [0.717, 1.165) is 39.1 Å². The van der Waals surface area contributed by atoms with E-state index in [1.807, 2.05) is 80.7 Å². The van der Waals surface area contributed by atoms with Crippen LogP contribution < -0.4 is 10.6 Å². The van der Waals surface area contributed by atoms with Crippen molar-refractivity contribution < 1.29 is 4.79 Å². The molecule has 0 spiro atoms.